The third-order valence-corrected chi connectivity index (χ3v) is 2.86. The van der Waals surface area contributed by atoms with E-state index in [0.717, 1.165) is 4.47 Å². The maximum absolute atomic E-state index is 11.6. The Balaban J connectivity index is 2.32. The Morgan fingerprint density at radius 2 is 2.41 bits per heavy atom. The van der Waals surface area contributed by atoms with Crippen molar-refractivity contribution in [2.75, 3.05) is 20.3 Å². The number of aromatic nitrogens is 1. The Morgan fingerprint density at radius 1 is 1.65 bits per heavy atom. The minimum Gasteiger partial charge on any atom is -0.383 e. The van der Waals surface area contributed by atoms with Crippen molar-refractivity contribution in [2.45, 2.75) is 11.8 Å². The number of methoxy groups -OCH3 is 1. The molecule has 1 amide bonds. The summed E-state index contributed by atoms with van der Waals surface area (Å²) in [6.07, 6.45) is 2.25. The monoisotopic (exact) mass is 320 g/mol. The summed E-state index contributed by atoms with van der Waals surface area (Å²) < 4.78 is 5.74. The van der Waals surface area contributed by atoms with Gasteiger partial charge < -0.3 is 10.1 Å². The predicted octanol–water partition coefficient (Wildman–Crippen LogP) is 2.22. The van der Waals surface area contributed by atoms with E-state index in [0.29, 0.717) is 25.3 Å². The zero-order chi connectivity index (χ0) is 12.7. The Bertz CT molecular complexity index is 359. The zero-order valence-corrected chi connectivity index (χ0v) is 11.8. The quantitative estimate of drug-likeness (QED) is 0.817. The molecule has 6 heteroatoms. The number of rotatable bonds is 6. The Morgan fingerprint density at radius 3 is 3.00 bits per heavy atom. The Hall–Kier alpha value is -0.650. The summed E-state index contributed by atoms with van der Waals surface area (Å²) in [5.41, 5.74) is 0.395. The van der Waals surface area contributed by atoms with E-state index in [1.165, 1.54) is 0 Å². The number of carbonyl (C=O) groups excluding carboxylic acids is 1. The molecule has 1 heterocycles. The lowest BCUT2D eigenvalue weighted by molar-refractivity contribution is 0.0946. The largest absolute Gasteiger partial charge is 0.383 e. The summed E-state index contributed by atoms with van der Waals surface area (Å²) in [4.78, 5) is 15.6. The number of hydrogen-bond donors (Lipinski definition) is 1. The van der Waals surface area contributed by atoms with E-state index in [4.69, 9.17) is 16.3 Å². The van der Waals surface area contributed by atoms with Gasteiger partial charge in [0.1, 0.15) is 5.69 Å². The number of nitrogens with one attached hydrogen (secondary N) is 1. The molecule has 1 aromatic heterocycles. The minimum atomic E-state index is -0.196. The van der Waals surface area contributed by atoms with Crippen LogP contribution in [0.3, 0.4) is 0 Å². The molecule has 0 aliphatic carbocycles. The normalized spacial score (nSPS) is 12.2. The van der Waals surface area contributed by atoms with E-state index in [2.05, 4.69) is 26.2 Å². The average molecular weight is 322 g/mol. The number of halogens is 2. The third-order valence-electron chi connectivity index (χ3n) is 2.05. The molecule has 1 N–H and O–H groups in total. The molecule has 0 fully saturated rings. The van der Waals surface area contributed by atoms with Gasteiger partial charge in [0.15, 0.2) is 0 Å². The maximum atomic E-state index is 11.6. The summed E-state index contributed by atoms with van der Waals surface area (Å²) in [6, 6.07) is 3.43. The van der Waals surface area contributed by atoms with Gasteiger partial charge in [-0.25, -0.2) is 4.98 Å². The number of amides is 1. The van der Waals surface area contributed by atoms with Crippen molar-refractivity contribution in [3.63, 3.8) is 0 Å². The second-order valence-electron chi connectivity index (χ2n) is 3.46. The van der Waals surface area contributed by atoms with Crippen molar-refractivity contribution in [3.05, 3.63) is 28.5 Å². The van der Waals surface area contributed by atoms with Gasteiger partial charge in [-0.2, -0.15) is 0 Å². The van der Waals surface area contributed by atoms with Crippen molar-refractivity contribution in [3.8, 4) is 0 Å². The molecule has 0 saturated heterocycles. The van der Waals surface area contributed by atoms with Crippen molar-refractivity contribution >= 4 is 33.4 Å². The van der Waals surface area contributed by atoms with Gasteiger partial charge in [0.2, 0.25) is 0 Å². The van der Waals surface area contributed by atoms with Gasteiger partial charge in [-0.1, -0.05) is 0 Å². The smallest absolute Gasteiger partial charge is 0.269 e. The van der Waals surface area contributed by atoms with E-state index < -0.39 is 0 Å². The molecule has 17 heavy (non-hydrogen) atoms. The second-order valence-corrected chi connectivity index (χ2v) is 4.99. The van der Waals surface area contributed by atoms with Gasteiger partial charge in [0.05, 0.1) is 12.0 Å². The van der Waals surface area contributed by atoms with E-state index >= 15 is 0 Å². The van der Waals surface area contributed by atoms with E-state index in [1.54, 1.807) is 25.4 Å². The predicted molar refractivity (Wildman–Crippen MR) is 70.4 cm³/mol. The lowest BCUT2D eigenvalue weighted by atomic mass is 10.3. The number of pyridine rings is 1. The van der Waals surface area contributed by atoms with E-state index in [1.807, 2.05) is 0 Å². The fraction of sp³-hybridized carbons (Fsp3) is 0.455. The van der Waals surface area contributed by atoms with Crippen LogP contribution in [0, 0.1) is 0 Å². The highest BCUT2D eigenvalue weighted by atomic mass is 79.9. The van der Waals surface area contributed by atoms with Crippen LogP contribution < -0.4 is 5.32 Å². The molecule has 1 aromatic rings. The number of alkyl halides is 1. The molecule has 94 valence electrons. The molecular formula is C11H14BrClN2O2. The molecule has 4 nitrogen and oxygen atoms in total. The van der Waals surface area contributed by atoms with Crippen molar-refractivity contribution < 1.29 is 9.53 Å². The molecule has 0 bridgehead atoms. The fourth-order valence-electron chi connectivity index (χ4n) is 1.21. The summed E-state index contributed by atoms with van der Waals surface area (Å²) in [7, 11) is 1.60. The molecule has 0 aliphatic rings. The molecule has 1 rings (SSSR count). The van der Waals surface area contributed by atoms with Gasteiger partial charge in [0, 0.05) is 24.3 Å². The third kappa shape index (κ3) is 5.48. The number of nitrogens with zero attached hydrogens (tertiary/aromatic N) is 1. The van der Waals surface area contributed by atoms with Gasteiger partial charge in [-0.05, 0) is 34.5 Å². The van der Waals surface area contributed by atoms with Gasteiger partial charge >= 0.3 is 0 Å². The summed E-state index contributed by atoms with van der Waals surface area (Å²) >= 11 is 9.19. The van der Waals surface area contributed by atoms with Crippen LogP contribution in [-0.2, 0) is 4.74 Å². The van der Waals surface area contributed by atoms with Crippen LogP contribution in [0.4, 0.5) is 0 Å². The summed E-state index contributed by atoms with van der Waals surface area (Å²) in [6.45, 7) is 0.988. The van der Waals surface area contributed by atoms with Gasteiger partial charge in [-0.15, -0.1) is 11.6 Å². The maximum Gasteiger partial charge on any atom is 0.269 e. The van der Waals surface area contributed by atoms with Crippen LogP contribution in [0.5, 0.6) is 0 Å². The highest BCUT2D eigenvalue weighted by Gasteiger charge is 2.08. The van der Waals surface area contributed by atoms with Crippen LogP contribution in [0.15, 0.2) is 22.8 Å². The van der Waals surface area contributed by atoms with Crippen LogP contribution in [0.25, 0.3) is 0 Å². The summed E-state index contributed by atoms with van der Waals surface area (Å²) in [5, 5.41) is 2.67. The van der Waals surface area contributed by atoms with E-state index in [-0.39, 0.29) is 11.3 Å². The first-order valence-corrected chi connectivity index (χ1v) is 6.39. The number of carbonyl (C=O) groups is 1. The lowest BCUT2D eigenvalue weighted by Gasteiger charge is -2.08. The first-order chi connectivity index (χ1) is 8.13. The topological polar surface area (TPSA) is 51.2 Å². The van der Waals surface area contributed by atoms with Gasteiger partial charge in [-0.3, -0.25) is 4.79 Å². The minimum absolute atomic E-state index is 0.0850. The highest BCUT2D eigenvalue weighted by Crippen LogP contribution is 2.07. The number of ether oxygens (including phenoxy) is 1. The SMILES string of the molecule is COCC(Cl)CCNC(=O)c1ccc(Br)cn1. The standard InChI is InChI=1S/C11H14BrClN2O2/c1-17-7-9(13)4-5-14-11(16)10-3-2-8(12)6-15-10/h2-3,6,9H,4-5,7H2,1H3,(H,14,16). The second kappa shape index (κ2) is 7.63. The van der Waals surface area contributed by atoms with Crippen LogP contribution in [-0.4, -0.2) is 36.5 Å². The average Bonchev–Trinajstić information content (AvgIpc) is 2.30. The highest BCUT2D eigenvalue weighted by molar-refractivity contribution is 9.10. The van der Waals surface area contributed by atoms with Crippen LogP contribution in [0.2, 0.25) is 0 Å². The number of hydrogen-bond acceptors (Lipinski definition) is 3. The van der Waals surface area contributed by atoms with E-state index in [9.17, 15) is 4.79 Å². The van der Waals surface area contributed by atoms with Crippen molar-refractivity contribution in [1.29, 1.82) is 0 Å². The first-order valence-electron chi connectivity index (χ1n) is 5.16. The molecule has 0 saturated carbocycles. The Labute approximate surface area is 114 Å². The zero-order valence-electron chi connectivity index (χ0n) is 9.45. The van der Waals surface area contributed by atoms with Crippen molar-refractivity contribution in [2.24, 2.45) is 0 Å². The molecule has 0 spiro atoms. The molecule has 1 unspecified atom stereocenters. The fourth-order valence-corrected chi connectivity index (χ4v) is 1.68. The molecule has 0 aromatic carbocycles. The molecular weight excluding hydrogens is 307 g/mol. The summed E-state index contributed by atoms with van der Waals surface area (Å²) in [5.74, 6) is -0.196. The van der Waals surface area contributed by atoms with Gasteiger partial charge in [0.25, 0.3) is 5.91 Å². The molecule has 1 atom stereocenters. The van der Waals surface area contributed by atoms with Crippen LogP contribution in [0.1, 0.15) is 16.9 Å². The Kier molecular flexibility index (Phi) is 6.47. The van der Waals surface area contributed by atoms with Crippen molar-refractivity contribution in [1.82, 2.24) is 10.3 Å². The van der Waals surface area contributed by atoms with Crippen LogP contribution >= 0.6 is 27.5 Å². The first kappa shape index (κ1) is 14.4. The molecule has 0 radical (unpaired) electrons. The molecule has 0 aliphatic heterocycles. The lowest BCUT2D eigenvalue weighted by Crippen LogP contribution is -2.27.